The van der Waals surface area contributed by atoms with Crippen molar-refractivity contribution in [3.63, 3.8) is 0 Å². The van der Waals surface area contributed by atoms with E-state index in [1.165, 1.54) is 11.1 Å². The second kappa shape index (κ2) is 9.05. The highest BCUT2D eigenvalue weighted by molar-refractivity contribution is 9.10. The number of halogens is 1. The quantitative estimate of drug-likeness (QED) is 0.433. The summed E-state index contributed by atoms with van der Waals surface area (Å²) < 4.78 is 9.18. The van der Waals surface area contributed by atoms with Crippen molar-refractivity contribution in [3.05, 3.63) is 57.7 Å². The zero-order valence-electron chi connectivity index (χ0n) is 19.0. The Morgan fingerprint density at radius 2 is 1.97 bits per heavy atom. The van der Waals surface area contributed by atoms with Crippen LogP contribution >= 0.6 is 15.9 Å². The van der Waals surface area contributed by atoms with Crippen molar-refractivity contribution in [3.8, 4) is 17.1 Å². The maximum absolute atomic E-state index is 5.86. The van der Waals surface area contributed by atoms with Gasteiger partial charge in [0.2, 0.25) is 0 Å². The second-order valence-corrected chi connectivity index (χ2v) is 9.34. The molecule has 164 valence electrons. The van der Waals surface area contributed by atoms with E-state index in [0.29, 0.717) is 5.92 Å². The van der Waals surface area contributed by atoms with Gasteiger partial charge in [0.15, 0.2) is 0 Å². The van der Waals surface area contributed by atoms with Crippen LogP contribution in [0, 0.1) is 0 Å². The number of imidazole rings is 1. The molecule has 0 radical (unpaired) electrons. The van der Waals surface area contributed by atoms with E-state index in [-0.39, 0.29) is 0 Å². The minimum Gasteiger partial charge on any atom is -0.494 e. The largest absolute Gasteiger partial charge is 0.494 e. The molecule has 31 heavy (non-hydrogen) atoms. The van der Waals surface area contributed by atoms with Crippen LogP contribution in [0.5, 0.6) is 5.75 Å². The van der Waals surface area contributed by atoms with E-state index in [9.17, 15) is 0 Å². The molecular weight excluding hydrogens is 452 g/mol. The molecule has 1 aromatic heterocycles. The predicted molar refractivity (Wildman–Crippen MR) is 131 cm³/mol. The Morgan fingerprint density at radius 3 is 2.55 bits per heavy atom. The first-order valence-corrected chi connectivity index (χ1v) is 11.8. The van der Waals surface area contributed by atoms with Crippen LogP contribution in [0.25, 0.3) is 22.4 Å². The summed E-state index contributed by atoms with van der Waals surface area (Å²) in [5, 5.41) is 2.12. The highest BCUT2D eigenvalue weighted by Gasteiger charge is 2.22. The van der Waals surface area contributed by atoms with Crippen molar-refractivity contribution in [2.45, 2.75) is 53.1 Å². The SMILES string of the molecule is CCCn1c(-c2ccc(C(C)C)cc2)nc2c(Br)c(CN3C=C(C)CN3)cc(OC)c21. The molecule has 0 amide bonds. The lowest BCUT2D eigenvalue weighted by Crippen LogP contribution is -2.28. The van der Waals surface area contributed by atoms with Crippen LogP contribution in [0.1, 0.15) is 51.2 Å². The van der Waals surface area contributed by atoms with Gasteiger partial charge in [0.05, 0.1) is 18.1 Å². The predicted octanol–water partition coefficient (Wildman–Crippen LogP) is 6.23. The highest BCUT2D eigenvalue weighted by Crippen LogP contribution is 2.38. The lowest BCUT2D eigenvalue weighted by atomic mass is 10.0. The van der Waals surface area contributed by atoms with Crippen LogP contribution in [-0.2, 0) is 13.1 Å². The molecule has 0 bridgehead atoms. The summed E-state index contributed by atoms with van der Waals surface area (Å²) in [5.41, 5.74) is 10.3. The van der Waals surface area contributed by atoms with Crippen molar-refractivity contribution in [1.29, 1.82) is 0 Å². The second-order valence-electron chi connectivity index (χ2n) is 8.55. The van der Waals surface area contributed by atoms with Crippen molar-refractivity contribution in [2.24, 2.45) is 0 Å². The topological polar surface area (TPSA) is 42.3 Å². The Labute approximate surface area is 193 Å². The number of aromatic nitrogens is 2. The first-order chi connectivity index (χ1) is 14.9. The monoisotopic (exact) mass is 482 g/mol. The van der Waals surface area contributed by atoms with Crippen LogP contribution in [0.4, 0.5) is 0 Å². The van der Waals surface area contributed by atoms with Crippen LogP contribution in [0.2, 0.25) is 0 Å². The Balaban J connectivity index is 1.85. The summed E-state index contributed by atoms with van der Waals surface area (Å²) in [6.07, 6.45) is 3.17. The van der Waals surface area contributed by atoms with Crippen LogP contribution in [-0.4, -0.2) is 28.2 Å². The number of ether oxygens (including phenoxy) is 1. The molecule has 1 aliphatic heterocycles. The molecule has 0 unspecified atom stereocenters. The number of hydrogen-bond acceptors (Lipinski definition) is 4. The number of methoxy groups -OCH3 is 1. The van der Waals surface area contributed by atoms with E-state index >= 15 is 0 Å². The number of fused-ring (bicyclic) bond motifs is 1. The van der Waals surface area contributed by atoms with Gasteiger partial charge in [-0.25, -0.2) is 10.4 Å². The molecule has 6 heteroatoms. The number of benzene rings is 2. The zero-order valence-corrected chi connectivity index (χ0v) is 20.6. The Kier molecular flexibility index (Phi) is 6.39. The lowest BCUT2D eigenvalue weighted by molar-refractivity contribution is 0.297. The number of aryl methyl sites for hydroxylation is 1. The maximum Gasteiger partial charge on any atom is 0.145 e. The molecule has 5 nitrogen and oxygen atoms in total. The van der Waals surface area contributed by atoms with Gasteiger partial charge in [-0.2, -0.15) is 0 Å². The van der Waals surface area contributed by atoms with Gasteiger partial charge in [-0.1, -0.05) is 45.0 Å². The lowest BCUT2D eigenvalue weighted by Gasteiger charge is -2.18. The number of rotatable bonds is 7. The summed E-state index contributed by atoms with van der Waals surface area (Å²) >= 11 is 3.86. The standard InChI is InChI=1S/C25H31BrN4O/c1-6-11-30-24-21(31-5)12-20(15-29-14-17(4)13-27-29)22(26)23(24)28-25(30)19-9-7-18(8-10-19)16(2)3/h7-10,12,14,16,27H,6,11,13,15H2,1-5H3. The Bertz CT molecular complexity index is 1110. The van der Waals surface area contributed by atoms with Gasteiger partial charge in [-0.05, 0) is 58.0 Å². The van der Waals surface area contributed by atoms with Gasteiger partial charge in [-0.15, -0.1) is 0 Å². The molecule has 0 saturated heterocycles. The maximum atomic E-state index is 5.86. The van der Waals surface area contributed by atoms with Gasteiger partial charge in [-0.3, -0.25) is 0 Å². The van der Waals surface area contributed by atoms with Crippen molar-refractivity contribution >= 4 is 27.0 Å². The fourth-order valence-corrected chi connectivity index (χ4v) is 4.63. The van der Waals surface area contributed by atoms with Crippen molar-refractivity contribution < 1.29 is 4.74 Å². The molecule has 3 aromatic rings. The van der Waals surface area contributed by atoms with Gasteiger partial charge in [0.1, 0.15) is 22.6 Å². The fraction of sp³-hybridized carbons (Fsp3) is 0.400. The van der Waals surface area contributed by atoms with E-state index in [1.54, 1.807) is 7.11 Å². The van der Waals surface area contributed by atoms with E-state index in [1.807, 2.05) is 0 Å². The number of nitrogens with one attached hydrogen (secondary N) is 1. The summed E-state index contributed by atoms with van der Waals surface area (Å²) in [7, 11) is 1.74. The summed E-state index contributed by atoms with van der Waals surface area (Å²) in [6.45, 7) is 11.3. The van der Waals surface area contributed by atoms with Crippen molar-refractivity contribution in [2.75, 3.05) is 13.7 Å². The van der Waals surface area contributed by atoms with Crippen molar-refractivity contribution in [1.82, 2.24) is 20.0 Å². The first kappa shape index (κ1) is 21.9. The number of hydrazine groups is 1. The van der Waals surface area contributed by atoms with E-state index < -0.39 is 0 Å². The molecular formula is C25H31BrN4O. The average Bonchev–Trinajstić information content (AvgIpc) is 3.34. The average molecular weight is 483 g/mol. The van der Waals surface area contributed by atoms with E-state index in [2.05, 4.69) is 95.2 Å². The molecule has 0 spiro atoms. The smallest absolute Gasteiger partial charge is 0.145 e. The molecule has 1 aliphatic rings. The van der Waals surface area contributed by atoms with E-state index in [0.717, 1.165) is 64.3 Å². The molecule has 2 heterocycles. The summed E-state index contributed by atoms with van der Waals surface area (Å²) in [5.74, 6) is 2.36. The molecule has 0 saturated carbocycles. The molecule has 2 aromatic carbocycles. The third-order valence-corrected chi connectivity index (χ3v) is 6.66. The Hall–Kier alpha value is -2.31. The first-order valence-electron chi connectivity index (χ1n) is 11.0. The molecule has 4 rings (SSSR count). The third kappa shape index (κ3) is 4.23. The van der Waals surface area contributed by atoms with Gasteiger partial charge in [0, 0.05) is 24.9 Å². The number of nitrogens with zero attached hydrogens (tertiary/aromatic N) is 3. The molecule has 0 fully saturated rings. The third-order valence-electron chi connectivity index (χ3n) is 5.78. The van der Waals surface area contributed by atoms with Gasteiger partial charge >= 0.3 is 0 Å². The zero-order chi connectivity index (χ0) is 22.1. The minimum atomic E-state index is 0.511. The molecule has 0 aliphatic carbocycles. The molecule has 1 N–H and O–H groups in total. The van der Waals surface area contributed by atoms with Gasteiger partial charge < -0.3 is 14.3 Å². The van der Waals surface area contributed by atoms with Crippen LogP contribution in [0.3, 0.4) is 0 Å². The highest BCUT2D eigenvalue weighted by atomic mass is 79.9. The summed E-state index contributed by atoms with van der Waals surface area (Å²) in [4.78, 5) is 5.12. The van der Waals surface area contributed by atoms with Crippen LogP contribution in [0.15, 0.2) is 46.6 Å². The van der Waals surface area contributed by atoms with Crippen LogP contribution < -0.4 is 10.2 Å². The fourth-order valence-electron chi connectivity index (χ4n) is 4.12. The normalized spacial score (nSPS) is 14.0. The minimum absolute atomic E-state index is 0.511. The summed E-state index contributed by atoms with van der Waals surface area (Å²) in [6, 6.07) is 10.9. The Morgan fingerprint density at radius 1 is 1.23 bits per heavy atom. The van der Waals surface area contributed by atoms with Gasteiger partial charge in [0.25, 0.3) is 0 Å². The number of hydrogen-bond donors (Lipinski definition) is 1. The molecule has 0 atom stereocenters. The van der Waals surface area contributed by atoms with E-state index in [4.69, 9.17) is 9.72 Å².